The van der Waals surface area contributed by atoms with Crippen LogP contribution in [0, 0.1) is 6.92 Å². The molecule has 1 aromatic rings. The molecule has 0 aliphatic rings. The molecule has 0 aromatic heterocycles. The molecule has 1 aromatic carbocycles. The monoisotopic (exact) mass is 235 g/mol. The summed E-state index contributed by atoms with van der Waals surface area (Å²) in [4.78, 5) is 0. The average Bonchev–Trinajstić information content (AvgIpc) is 2.09. The molecule has 0 nitrogen and oxygen atoms in total. The van der Waals surface area contributed by atoms with Crippen molar-refractivity contribution in [1.82, 2.24) is 0 Å². The molecule has 0 bridgehead atoms. The lowest BCUT2D eigenvalue weighted by Gasteiger charge is -2.05. The molecule has 1 radical (unpaired) electrons. The van der Waals surface area contributed by atoms with Crippen molar-refractivity contribution in [2.24, 2.45) is 0 Å². The molecule has 0 spiro atoms. The third kappa shape index (κ3) is 3.05. The van der Waals surface area contributed by atoms with Crippen LogP contribution in [0.4, 0.5) is 0 Å². The van der Waals surface area contributed by atoms with Crippen molar-refractivity contribution in [1.29, 1.82) is 0 Å². The number of unbranched alkanes of at least 4 members (excludes halogenated alkanes) is 1. The van der Waals surface area contributed by atoms with Crippen molar-refractivity contribution >= 4 is 34.8 Å². The first-order valence-electron chi connectivity index (χ1n) is 4.08. The Bertz CT molecular complexity index is 294. The molecule has 0 amide bonds. The second-order valence-corrected chi connectivity index (χ2v) is 4.04. The molecule has 0 N–H and O–H groups in total. The first kappa shape index (κ1) is 11.2. The quantitative estimate of drug-likeness (QED) is 0.661. The van der Waals surface area contributed by atoms with Crippen LogP contribution in [0.15, 0.2) is 12.1 Å². The molecule has 0 atom stereocenters. The molecule has 0 aliphatic carbocycles. The van der Waals surface area contributed by atoms with Gasteiger partial charge in [-0.05, 0) is 30.5 Å². The number of hydrogen-bond donors (Lipinski definition) is 0. The van der Waals surface area contributed by atoms with Crippen LogP contribution in [0.3, 0.4) is 0 Å². The van der Waals surface area contributed by atoms with Gasteiger partial charge in [-0.15, -0.1) is 0 Å². The van der Waals surface area contributed by atoms with Gasteiger partial charge in [0, 0.05) is 5.02 Å². The summed E-state index contributed by atoms with van der Waals surface area (Å²) in [7, 11) is 0. The standard InChI is InChI=1S/C10H10Cl3/c1-2-3-4-7-5-9(12)10(13)6-8(7)11/h5-6H,1-4H2. The normalized spacial score (nSPS) is 10.5. The van der Waals surface area contributed by atoms with Gasteiger partial charge in [0.15, 0.2) is 0 Å². The fourth-order valence-corrected chi connectivity index (χ4v) is 1.73. The molecule has 0 unspecified atom stereocenters. The maximum absolute atomic E-state index is 5.97. The fraction of sp³-hybridized carbons (Fsp3) is 0.300. The lowest BCUT2D eigenvalue weighted by Crippen LogP contribution is -1.86. The Hall–Kier alpha value is 0.0900. The van der Waals surface area contributed by atoms with Crippen molar-refractivity contribution in [3.05, 3.63) is 39.7 Å². The molecule has 0 heterocycles. The number of aryl methyl sites for hydroxylation is 1. The van der Waals surface area contributed by atoms with Crippen molar-refractivity contribution in [3.63, 3.8) is 0 Å². The second kappa shape index (κ2) is 5.09. The molecular formula is C10H10Cl3. The number of halogens is 3. The van der Waals surface area contributed by atoms with Crippen LogP contribution >= 0.6 is 34.8 Å². The third-order valence-electron chi connectivity index (χ3n) is 1.79. The van der Waals surface area contributed by atoms with E-state index in [4.69, 9.17) is 34.8 Å². The first-order valence-corrected chi connectivity index (χ1v) is 5.21. The minimum atomic E-state index is 0.505. The van der Waals surface area contributed by atoms with E-state index in [2.05, 4.69) is 6.92 Å². The summed E-state index contributed by atoms with van der Waals surface area (Å²) in [6.45, 7) is 3.77. The zero-order chi connectivity index (χ0) is 9.84. The Kier molecular flexibility index (Phi) is 4.37. The van der Waals surface area contributed by atoms with Gasteiger partial charge in [-0.3, -0.25) is 0 Å². The highest BCUT2D eigenvalue weighted by molar-refractivity contribution is 6.43. The summed E-state index contributed by atoms with van der Waals surface area (Å²) < 4.78 is 0. The molecule has 3 heteroatoms. The van der Waals surface area contributed by atoms with E-state index in [-0.39, 0.29) is 0 Å². The van der Waals surface area contributed by atoms with Crippen molar-refractivity contribution in [2.45, 2.75) is 19.3 Å². The second-order valence-electron chi connectivity index (χ2n) is 2.81. The topological polar surface area (TPSA) is 0 Å². The summed E-state index contributed by atoms with van der Waals surface area (Å²) in [6, 6.07) is 3.51. The van der Waals surface area contributed by atoms with E-state index in [9.17, 15) is 0 Å². The maximum Gasteiger partial charge on any atom is 0.0607 e. The molecular weight excluding hydrogens is 226 g/mol. The van der Waals surface area contributed by atoms with Crippen LogP contribution in [-0.4, -0.2) is 0 Å². The lowest BCUT2D eigenvalue weighted by molar-refractivity contribution is 0.841. The van der Waals surface area contributed by atoms with Gasteiger partial charge in [0.25, 0.3) is 0 Å². The Morgan fingerprint density at radius 1 is 1.00 bits per heavy atom. The predicted molar refractivity (Wildman–Crippen MR) is 59.8 cm³/mol. The number of rotatable bonds is 3. The van der Waals surface area contributed by atoms with Crippen molar-refractivity contribution < 1.29 is 0 Å². The van der Waals surface area contributed by atoms with Crippen LogP contribution in [0.2, 0.25) is 15.1 Å². The smallest absolute Gasteiger partial charge is 0.0607 e. The Labute approximate surface area is 93.8 Å². The average molecular weight is 237 g/mol. The molecule has 71 valence electrons. The maximum atomic E-state index is 5.97. The van der Waals surface area contributed by atoms with E-state index < -0.39 is 0 Å². The summed E-state index contributed by atoms with van der Waals surface area (Å²) >= 11 is 17.6. The fourth-order valence-electron chi connectivity index (χ4n) is 1.07. The predicted octanol–water partition coefficient (Wildman–Crippen LogP) is 4.80. The molecule has 0 saturated heterocycles. The van der Waals surface area contributed by atoms with E-state index in [1.807, 2.05) is 6.07 Å². The van der Waals surface area contributed by atoms with Gasteiger partial charge in [0.2, 0.25) is 0 Å². The number of benzene rings is 1. The molecule has 0 fully saturated rings. The van der Waals surface area contributed by atoms with Gasteiger partial charge < -0.3 is 0 Å². The lowest BCUT2D eigenvalue weighted by atomic mass is 10.1. The highest BCUT2D eigenvalue weighted by Crippen LogP contribution is 2.29. The van der Waals surface area contributed by atoms with Crippen LogP contribution < -0.4 is 0 Å². The minimum absolute atomic E-state index is 0.505. The van der Waals surface area contributed by atoms with Crippen LogP contribution in [0.5, 0.6) is 0 Å². The van der Waals surface area contributed by atoms with Crippen molar-refractivity contribution in [3.8, 4) is 0 Å². The van der Waals surface area contributed by atoms with E-state index >= 15 is 0 Å². The largest absolute Gasteiger partial charge is 0.0840 e. The van der Waals surface area contributed by atoms with Gasteiger partial charge >= 0.3 is 0 Å². The number of hydrogen-bond acceptors (Lipinski definition) is 0. The summed E-state index contributed by atoms with van der Waals surface area (Å²) in [5, 5.41) is 1.75. The minimum Gasteiger partial charge on any atom is -0.0840 e. The first-order chi connectivity index (χ1) is 6.15. The zero-order valence-electron chi connectivity index (χ0n) is 7.12. The summed E-state index contributed by atoms with van der Waals surface area (Å²) in [6.07, 6.45) is 2.81. The van der Waals surface area contributed by atoms with Crippen LogP contribution in [-0.2, 0) is 6.42 Å². The summed E-state index contributed by atoms with van der Waals surface area (Å²) in [5.41, 5.74) is 1.04. The Morgan fingerprint density at radius 3 is 2.23 bits per heavy atom. The SMILES string of the molecule is [CH2]CCCc1cc(Cl)c(Cl)cc1Cl. The third-order valence-corrected chi connectivity index (χ3v) is 2.86. The molecule has 1 rings (SSSR count). The highest BCUT2D eigenvalue weighted by atomic mass is 35.5. The van der Waals surface area contributed by atoms with Crippen LogP contribution in [0.25, 0.3) is 0 Å². The Morgan fingerprint density at radius 2 is 1.62 bits per heavy atom. The zero-order valence-corrected chi connectivity index (χ0v) is 9.38. The van der Waals surface area contributed by atoms with Gasteiger partial charge in [-0.2, -0.15) is 0 Å². The van der Waals surface area contributed by atoms with Gasteiger partial charge in [0.1, 0.15) is 0 Å². The van der Waals surface area contributed by atoms with Gasteiger partial charge in [-0.25, -0.2) is 0 Å². The molecule has 0 saturated carbocycles. The molecule has 0 aliphatic heterocycles. The van der Waals surface area contributed by atoms with Crippen molar-refractivity contribution in [2.75, 3.05) is 0 Å². The molecule has 13 heavy (non-hydrogen) atoms. The Balaban J connectivity index is 2.88. The summed E-state index contributed by atoms with van der Waals surface area (Å²) in [5.74, 6) is 0. The van der Waals surface area contributed by atoms with E-state index in [1.54, 1.807) is 6.07 Å². The van der Waals surface area contributed by atoms with E-state index in [1.165, 1.54) is 0 Å². The van der Waals surface area contributed by atoms with E-state index in [0.717, 1.165) is 24.8 Å². The highest BCUT2D eigenvalue weighted by Gasteiger charge is 2.04. The van der Waals surface area contributed by atoms with Gasteiger partial charge in [0.05, 0.1) is 10.0 Å². The van der Waals surface area contributed by atoms with E-state index in [0.29, 0.717) is 15.1 Å². The van der Waals surface area contributed by atoms with Gasteiger partial charge in [-0.1, -0.05) is 48.1 Å². The van der Waals surface area contributed by atoms with Crippen LogP contribution in [0.1, 0.15) is 18.4 Å².